The fraction of sp³-hybridized carbons (Fsp3) is 0.529. The molecule has 2 bridgehead atoms. The van der Waals surface area contributed by atoms with Crippen molar-refractivity contribution in [2.24, 2.45) is 17.8 Å². The van der Waals surface area contributed by atoms with Crippen molar-refractivity contribution in [3.05, 3.63) is 29.8 Å². The molecule has 112 valence electrons. The van der Waals surface area contributed by atoms with Gasteiger partial charge in [0.05, 0.1) is 12.2 Å². The Morgan fingerprint density at radius 3 is 2.52 bits per heavy atom. The Labute approximate surface area is 124 Å². The first-order valence-electron chi connectivity index (χ1n) is 7.75. The van der Waals surface area contributed by atoms with Gasteiger partial charge in [0.2, 0.25) is 5.91 Å². The Morgan fingerprint density at radius 2 is 1.95 bits per heavy atom. The van der Waals surface area contributed by atoms with Crippen LogP contribution in [0, 0.1) is 17.8 Å². The number of benzene rings is 1. The fourth-order valence-electron chi connectivity index (χ4n) is 3.70. The highest BCUT2D eigenvalue weighted by Gasteiger charge is 2.42. The van der Waals surface area contributed by atoms with E-state index in [1.54, 1.807) is 31.2 Å². The largest absolute Gasteiger partial charge is 0.462 e. The van der Waals surface area contributed by atoms with Crippen LogP contribution >= 0.6 is 0 Å². The lowest BCUT2D eigenvalue weighted by atomic mass is 9.88. The second kappa shape index (κ2) is 5.88. The second-order valence-electron chi connectivity index (χ2n) is 6.07. The van der Waals surface area contributed by atoms with Crippen LogP contribution in [0.3, 0.4) is 0 Å². The predicted molar refractivity (Wildman–Crippen MR) is 80.0 cm³/mol. The van der Waals surface area contributed by atoms with E-state index in [0.29, 0.717) is 18.1 Å². The van der Waals surface area contributed by atoms with Crippen LogP contribution in [0.5, 0.6) is 0 Å². The number of anilines is 1. The molecule has 0 radical (unpaired) electrons. The number of amides is 1. The number of nitrogens with one attached hydrogen (secondary N) is 1. The quantitative estimate of drug-likeness (QED) is 0.865. The molecule has 0 aromatic heterocycles. The summed E-state index contributed by atoms with van der Waals surface area (Å²) in [5, 5.41) is 2.98. The molecule has 4 nitrogen and oxygen atoms in total. The lowest BCUT2D eigenvalue weighted by Gasteiger charge is -2.20. The van der Waals surface area contributed by atoms with Crippen molar-refractivity contribution in [3.8, 4) is 0 Å². The third kappa shape index (κ3) is 2.94. The molecule has 0 aliphatic heterocycles. The van der Waals surface area contributed by atoms with Gasteiger partial charge in [0.1, 0.15) is 0 Å². The Kier molecular flexibility index (Phi) is 3.95. The molecule has 1 aromatic carbocycles. The van der Waals surface area contributed by atoms with Gasteiger partial charge in [-0.15, -0.1) is 0 Å². The van der Waals surface area contributed by atoms with E-state index < -0.39 is 0 Å². The predicted octanol–water partition coefficient (Wildman–Crippen LogP) is 3.24. The van der Waals surface area contributed by atoms with Gasteiger partial charge in [-0.25, -0.2) is 4.79 Å². The van der Waals surface area contributed by atoms with Gasteiger partial charge < -0.3 is 10.1 Å². The van der Waals surface area contributed by atoms with E-state index in [9.17, 15) is 9.59 Å². The van der Waals surface area contributed by atoms with E-state index >= 15 is 0 Å². The molecule has 2 aliphatic rings. The first-order valence-corrected chi connectivity index (χ1v) is 7.75. The van der Waals surface area contributed by atoms with Crippen LogP contribution in [-0.2, 0) is 9.53 Å². The van der Waals surface area contributed by atoms with Crippen LogP contribution < -0.4 is 5.32 Å². The summed E-state index contributed by atoms with van der Waals surface area (Å²) in [6.07, 6.45) is 4.75. The third-order valence-electron chi connectivity index (χ3n) is 4.74. The normalized spacial score (nSPS) is 26.6. The summed E-state index contributed by atoms with van der Waals surface area (Å²) in [7, 11) is 0. The van der Waals surface area contributed by atoms with Crippen molar-refractivity contribution in [3.63, 3.8) is 0 Å². The molecule has 0 unspecified atom stereocenters. The summed E-state index contributed by atoms with van der Waals surface area (Å²) in [5.74, 6) is 1.31. The average molecular weight is 287 g/mol. The van der Waals surface area contributed by atoms with E-state index in [1.807, 2.05) is 0 Å². The van der Waals surface area contributed by atoms with Crippen molar-refractivity contribution in [2.75, 3.05) is 11.9 Å². The molecular formula is C17H21NO3. The molecule has 21 heavy (non-hydrogen) atoms. The van der Waals surface area contributed by atoms with Crippen LogP contribution in [-0.4, -0.2) is 18.5 Å². The molecule has 2 fully saturated rings. The Balaban J connectivity index is 1.60. The minimum absolute atomic E-state index is 0.131. The van der Waals surface area contributed by atoms with E-state index in [-0.39, 0.29) is 17.8 Å². The van der Waals surface area contributed by atoms with Crippen LogP contribution in [0.15, 0.2) is 24.3 Å². The SMILES string of the molecule is CCOC(=O)c1ccc(NC(=O)[C@H]2C[C@H]3CC[C@@H]2C3)cc1. The molecule has 2 saturated carbocycles. The molecule has 3 rings (SSSR count). The number of carbonyl (C=O) groups excluding carboxylic acids is 2. The summed E-state index contributed by atoms with van der Waals surface area (Å²) >= 11 is 0. The number of fused-ring (bicyclic) bond motifs is 2. The highest BCUT2D eigenvalue weighted by molar-refractivity contribution is 5.94. The molecule has 4 heteroatoms. The molecule has 3 atom stereocenters. The monoisotopic (exact) mass is 287 g/mol. The van der Waals surface area contributed by atoms with E-state index in [0.717, 1.165) is 18.0 Å². The van der Waals surface area contributed by atoms with Crippen LogP contribution in [0.1, 0.15) is 43.0 Å². The lowest BCUT2D eigenvalue weighted by molar-refractivity contribution is -0.121. The zero-order valence-corrected chi connectivity index (χ0v) is 12.3. The maximum Gasteiger partial charge on any atom is 0.338 e. The second-order valence-corrected chi connectivity index (χ2v) is 6.07. The van der Waals surface area contributed by atoms with Gasteiger partial charge in [-0.3, -0.25) is 4.79 Å². The highest BCUT2D eigenvalue weighted by atomic mass is 16.5. The number of ether oxygens (including phenoxy) is 1. The van der Waals surface area contributed by atoms with Gasteiger partial charge in [-0.05, 0) is 62.3 Å². The molecule has 1 amide bonds. The molecule has 0 saturated heterocycles. The molecule has 1 aromatic rings. The number of hydrogen-bond donors (Lipinski definition) is 1. The molecule has 2 aliphatic carbocycles. The van der Waals surface area contributed by atoms with Gasteiger partial charge >= 0.3 is 5.97 Å². The first kappa shape index (κ1) is 14.1. The number of hydrogen-bond acceptors (Lipinski definition) is 3. The van der Waals surface area contributed by atoms with Gasteiger partial charge in [-0.1, -0.05) is 6.42 Å². The van der Waals surface area contributed by atoms with Crippen LogP contribution in [0.2, 0.25) is 0 Å². The Bertz CT molecular complexity index is 537. The summed E-state index contributed by atoms with van der Waals surface area (Å²) in [6, 6.07) is 6.90. The van der Waals surface area contributed by atoms with Crippen molar-refractivity contribution in [1.29, 1.82) is 0 Å². The van der Waals surface area contributed by atoms with Crippen LogP contribution in [0.4, 0.5) is 5.69 Å². The number of esters is 1. The summed E-state index contributed by atoms with van der Waals surface area (Å²) in [6.45, 7) is 2.14. The van der Waals surface area contributed by atoms with Crippen molar-refractivity contribution >= 4 is 17.6 Å². The zero-order valence-electron chi connectivity index (χ0n) is 12.3. The Morgan fingerprint density at radius 1 is 1.19 bits per heavy atom. The number of carbonyl (C=O) groups is 2. The smallest absolute Gasteiger partial charge is 0.338 e. The average Bonchev–Trinajstić information content (AvgIpc) is 3.11. The minimum atomic E-state index is -0.330. The van der Waals surface area contributed by atoms with E-state index in [1.165, 1.54) is 19.3 Å². The molecule has 0 heterocycles. The Hall–Kier alpha value is -1.84. The standard InChI is InChI=1S/C17H21NO3/c1-2-21-17(20)12-5-7-14(8-6-12)18-16(19)15-10-11-3-4-13(15)9-11/h5-8,11,13,15H,2-4,9-10H2,1H3,(H,18,19)/t11-,13+,15-/m0/s1. The molecule has 1 N–H and O–H groups in total. The lowest BCUT2D eigenvalue weighted by Crippen LogP contribution is -2.27. The van der Waals surface area contributed by atoms with Gasteiger partial charge in [0.15, 0.2) is 0 Å². The third-order valence-corrected chi connectivity index (χ3v) is 4.74. The van der Waals surface area contributed by atoms with Gasteiger partial charge in [-0.2, -0.15) is 0 Å². The maximum absolute atomic E-state index is 12.3. The minimum Gasteiger partial charge on any atom is -0.462 e. The van der Waals surface area contributed by atoms with Crippen LogP contribution in [0.25, 0.3) is 0 Å². The molecule has 0 spiro atoms. The fourth-order valence-corrected chi connectivity index (χ4v) is 3.70. The summed E-state index contributed by atoms with van der Waals surface area (Å²) in [4.78, 5) is 23.9. The van der Waals surface area contributed by atoms with Crippen molar-refractivity contribution < 1.29 is 14.3 Å². The summed E-state index contributed by atoms with van der Waals surface area (Å²) in [5.41, 5.74) is 1.26. The summed E-state index contributed by atoms with van der Waals surface area (Å²) < 4.78 is 4.94. The highest BCUT2D eigenvalue weighted by Crippen LogP contribution is 2.48. The van der Waals surface area contributed by atoms with Gasteiger partial charge in [0, 0.05) is 11.6 Å². The number of rotatable bonds is 4. The van der Waals surface area contributed by atoms with Gasteiger partial charge in [0.25, 0.3) is 0 Å². The topological polar surface area (TPSA) is 55.4 Å². The van der Waals surface area contributed by atoms with Crippen molar-refractivity contribution in [1.82, 2.24) is 0 Å². The van der Waals surface area contributed by atoms with E-state index in [2.05, 4.69) is 5.32 Å². The van der Waals surface area contributed by atoms with Crippen molar-refractivity contribution in [2.45, 2.75) is 32.6 Å². The first-order chi connectivity index (χ1) is 10.2. The maximum atomic E-state index is 12.3. The zero-order chi connectivity index (χ0) is 14.8. The van der Waals surface area contributed by atoms with E-state index in [4.69, 9.17) is 4.74 Å². The molecular weight excluding hydrogens is 266 g/mol.